The standard InChI is InChI=1S/C11H18ClN3O3/c1-7(2)15-11(16)10(12)8(5-14-15)13-6-9(17-3)18-4/h5,7,9,13H,6H2,1-4H3. The number of aromatic nitrogens is 2. The number of anilines is 1. The molecule has 0 amide bonds. The first-order valence-electron chi connectivity index (χ1n) is 5.58. The summed E-state index contributed by atoms with van der Waals surface area (Å²) < 4.78 is 11.4. The molecule has 0 atom stereocenters. The minimum absolute atomic E-state index is 0.0326. The second kappa shape index (κ2) is 6.72. The van der Waals surface area contributed by atoms with Crippen molar-refractivity contribution in [2.75, 3.05) is 26.1 Å². The van der Waals surface area contributed by atoms with Gasteiger partial charge in [0.2, 0.25) is 0 Å². The van der Waals surface area contributed by atoms with Crippen molar-refractivity contribution in [3.63, 3.8) is 0 Å². The van der Waals surface area contributed by atoms with Crippen LogP contribution >= 0.6 is 11.6 Å². The van der Waals surface area contributed by atoms with Gasteiger partial charge in [0.1, 0.15) is 5.02 Å². The molecular weight excluding hydrogens is 258 g/mol. The zero-order valence-electron chi connectivity index (χ0n) is 10.9. The Hall–Kier alpha value is -1.11. The number of rotatable bonds is 6. The summed E-state index contributed by atoms with van der Waals surface area (Å²) >= 11 is 5.99. The molecule has 0 unspecified atom stereocenters. The average Bonchev–Trinajstić information content (AvgIpc) is 2.35. The number of halogens is 1. The first kappa shape index (κ1) is 14.9. The lowest BCUT2D eigenvalue weighted by molar-refractivity contribution is -0.0914. The first-order chi connectivity index (χ1) is 8.51. The summed E-state index contributed by atoms with van der Waals surface area (Å²) in [6, 6.07) is -0.0326. The van der Waals surface area contributed by atoms with E-state index in [1.165, 1.54) is 25.1 Å². The fourth-order valence-corrected chi connectivity index (χ4v) is 1.59. The molecule has 0 spiro atoms. The van der Waals surface area contributed by atoms with Crippen molar-refractivity contribution in [3.05, 3.63) is 21.6 Å². The van der Waals surface area contributed by atoms with Crippen LogP contribution < -0.4 is 10.9 Å². The van der Waals surface area contributed by atoms with E-state index in [4.69, 9.17) is 21.1 Å². The molecule has 1 rings (SSSR count). The summed E-state index contributed by atoms with van der Waals surface area (Å²) in [5.74, 6) is 0. The van der Waals surface area contributed by atoms with E-state index in [2.05, 4.69) is 10.4 Å². The van der Waals surface area contributed by atoms with Crippen molar-refractivity contribution in [3.8, 4) is 0 Å². The van der Waals surface area contributed by atoms with E-state index in [1.807, 2.05) is 13.8 Å². The summed E-state index contributed by atoms with van der Waals surface area (Å²) in [7, 11) is 3.07. The molecule has 0 aromatic carbocycles. The summed E-state index contributed by atoms with van der Waals surface area (Å²) in [6.07, 6.45) is 1.11. The molecule has 102 valence electrons. The van der Waals surface area contributed by atoms with Gasteiger partial charge in [0.25, 0.3) is 5.56 Å². The second-order valence-electron chi connectivity index (χ2n) is 4.00. The van der Waals surface area contributed by atoms with E-state index in [0.717, 1.165) is 0 Å². The van der Waals surface area contributed by atoms with Crippen LogP contribution in [0.25, 0.3) is 0 Å². The van der Waals surface area contributed by atoms with Gasteiger partial charge < -0.3 is 14.8 Å². The molecule has 0 radical (unpaired) electrons. The molecule has 0 aliphatic rings. The van der Waals surface area contributed by atoms with Crippen LogP contribution in [0.5, 0.6) is 0 Å². The van der Waals surface area contributed by atoms with Crippen molar-refractivity contribution in [2.24, 2.45) is 0 Å². The Morgan fingerprint density at radius 2 is 2.06 bits per heavy atom. The molecule has 1 heterocycles. The summed E-state index contributed by atoms with van der Waals surface area (Å²) in [6.45, 7) is 4.10. The summed E-state index contributed by atoms with van der Waals surface area (Å²) in [4.78, 5) is 11.9. The molecule has 0 fully saturated rings. The normalized spacial score (nSPS) is 11.3. The Labute approximate surface area is 111 Å². The van der Waals surface area contributed by atoms with Crippen LogP contribution in [0.15, 0.2) is 11.0 Å². The fraction of sp³-hybridized carbons (Fsp3) is 0.636. The zero-order chi connectivity index (χ0) is 13.7. The first-order valence-corrected chi connectivity index (χ1v) is 5.95. The van der Waals surface area contributed by atoms with Crippen LogP contribution in [0.1, 0.15) is 19.9 Å². The van der Waals surface area contributed by atoms with Gasteiger partial charge in [-0.2, -0.15) is 5.10 Å². The fourth-order valence-electron chi connectivity index (χ4n) is 1.39. The lowest BCUT2D eigenvalue weighted by Crippen LogP contribution is -2.28. The van der Waals surface area contributed by atoms with Crippen LogP contribution in [0.4, 0.5) is 5.69 Å². The summed E-state index contributed by atoms with van der Waals surface area (Å²) in [5, 5.41) is 7.12. The minimum Gasteiger partial charge on any atom is -0.377 e. The Bertz CT molecular complexity index is 444. The number of hydrogen-bond donors (Lipinski definition) is 1. The quantitative estimate of drug-likeness (QED) is 0.797. The van der Waals surface area contributed by atoms with Crippen LogP contribution in [0.3, 0.4) is 0 Å². The molecule has 0 aliphatic heterocycles. The minimum atomic E-state index is -0.409. The summed E-state index contributed by atoms with van der Waals surface area (Å²) in [5.41, 5.74) is 0.153. The molecule has 0 saturated carbocycles. The van der Waals surface area contributed by atoms with Crippen molar-refractivity contribution in [1.82, 2.24) is 9.78 Å². The molecule has 1 aromatic heterocycles. The van der Waals surface area contributed by atoms with Gasteiger partial charge in [0, 0.05) is 14.2 Å². The van der Waals surface area contributed by atoms with Gasteiger partial charge in [-0.25, -0.2) is 4.68 Å². The maximum atomic E-state index is 11.9. The van der Waals surface area contributed by atoms with Crippen LogP contribution in [-0.2, 0) is 9.47 Å². The van der Waals surface area contributed by atoms with Gasteiger partial charge in [0.15, 0.2) is 6.29 Å². The van der Waals surface area contributed by atoms with Crippen LogP contribution in [0, 0.1) is 0 Å². The van der Waals surface area contributed by atoms with Crippen LogP contribution in [0.2, 0.25) is 5.02 Å². The third-order valence-electron chi connectivity index (χ3n) is 2.42. The van der Waals surface area contributed by atoms with E-state index >= 15 is 0 Å². The lowest BCUT2D eigenvalue weighted by atomic mass is 10.4. The van der Waals surface area contributed by atoms with Crippen molar-refractivity contribution >= 4 is 17.3 Å². The molecule has 0 bridgehead atoms. The molecule has 7 heteroatoms. The van der Waals surface area contributed by atoms with Gasteiger partial charge in [-0.1, -0.05) is 11.6 Å². The third-order valence-corrected chi connectivity index (χ3v) is 2.78. The molecular formula is C11H18ClN3O3. The van der Waals surface area contributed by atoms with E-state index in [9.17, 15) is 4.79 Å². The highest BCUT2D eigenvalue weighted by molar-refractivity contribution is 6.32. The van der Waals surface area contributed by atoms with E-state index in [-0.39, 0.29) is 16.6 Å². The molecule has 18 heavy (non-hydrogen) atoms. The topological polar surface area (TPSA) is 65.4 Å². The van der Waals surface area contributed by atoms with E-state index in [0.29, 0.717) is 12.2 Å². The highest BCUT2D eigenvalue weighted by atomic mass is 35.5. The van der Waals surface area contributed by atoms with E-state index in [1.54, 1.807) is 0 Å². The van der Waals surface area contributed by atoms with Crippen molar-refractivity contribution < 1.29 is 9.47 Å². The maximum absolute atomic E-state index is 11.9. The molecule has 0 saturated heterocycles. The Balaban J connectivity index is 2.86. The van der Waals surface area contributed by atoms with Gasteiger partial charge >= 0.3 is 0 Å². The number of nitrogens with one attached hydrogen (secondary N) is 1. The Kier molecular flexibility index (Phi) is 5.58. The predicted molar refractivity (Wildman–Crippen MR) is 70.2 cm³/mol. The number of hydrogen-bond acceptors (Lipinski definition) is 5. The number of methoxy groups -OCH3 is 2. The molecule has 6 nitrogen and oxygen atoms in total. The smallest absolute Gasteiger partial charge is 0.287 e. The van der Waals surface area contributed by atoms with Crippen molar-refractivity contribution in [2.45, 2.75) is 26.2 Å². The maximum Gasteiger partial charge on any atom is 0.287 e. The van der Waals surface area contributed by atoms with Gasteiger partial charge in [-0.3, -0.25) is 4.79 Å². The van der Waals surface area contributed by atoms with Gasteiger partial charge in [0.05, 0.1) is 24.5 Å². The average molecular weight is 276 g/mol. The third kappa shape index (κ3) is 3.44. The predicted octanol–water partition coefficient (Wildman–Crippen LogP) is 1.51. The molecule has 0 aliphatic carbocycles. The molecule has 1 aromatic rings. The zero-order valence-corrected chi connectivity index (χ0v) is 11.7. The van der Waals surface area contributed by atoms with Gasteiger partial charge in [-0.05, 0) is 13.8 Å². The van der Waals surface area contributed by atoms with Gasteiger partial charge in [-0.15, -0.1) is 0 Å². The Morgan fingerprint density at radius 1 is 1.44 bits per heavy atom. The lowest BCUT2D eigenvalue weighted by Gasteiger charge is -2.16. The van der Waals surface area contributed by atoms with E-state index < -0.39 is 6.29 Å². The Morgan fingerprint density at radius 3 is 2.56 bits per heavy atom. The largest absolute Gasteiger partial charge is 0.377 e. The monoisotopic (exact) mass is 275 g/mol. The highest BCUT2D eigenvalue weighted by Gasteiger charge is 2.12. The SMILES string of the molecule is COC(CNc1cnn(C(C)C)c(=O)c1Cl)OC. The highest BCUT2D eigenvalue weighted by Crippen LogP contribution is 2.16. The molecule has 1 N–H and O–H groups in total. The number of nitrogens with zero attached hydrogens (tertiary/aromatic N) is 2. The number of ether oxygens (including phenoxy) is 2. The van der Waals surface area contributed by atoms with Crippen molar-refractivity contribution in [1.29, 1.82) is 0 Å². The van der Waals surface area contributed by atoms with Crippen LogP contribution in [-0.4, -0.2) is 36.8 Å². The second-order valence-corrected chi connectivity index (χ2v) is 4.38.